The maximum Gasteiger partial charge on any atom is 0.264 e. The van der Waals surface area contributed by atoms with E-state index in [0.29, 0.717) is 15.7 Å². The van der Waals surface area contributed by atoms with Gasteiger partial charge in [0.2, 0.25) is 0 Å². The molecule has 4 atom stereocenters. The van der Waals surface area contributed by atoms with Crippen molar-refractivity contribution in [3.63, 3.8) is 0 Å². The van der Waals surface area contributed by atoms with E-state index in [4.69, 9.17) is 28.3 Å². The minimum Gasteiger partial charge on any atom is -0.271 e. The van der Waals surface area contributed by atoms with Gasteiger partial charge in [0, 0.05) is 16.0 Å². The molecular formula is C33H28Cl2N6O3. The van der Waals surface area contributed by atoms with Gasteiger partial charge in [-0.1, -0.05) is 70.4 Å². The molecule has 44 heavy (non-hydrogen) atoms. The molecule has 0 spiro atoms. The topological polar surface area (TPSA) is 98.0 Å². The van der Waals surface area contributed by atoms with E-state index in [-0.39, 0.29) is 24.4 Å². The highest BCUT2D eigenvalue weighted by molar-refractivity contribution is 6.31. The first-order valence-electron chi connectivity index (χ1n) is 14.5. The molecule has 0 bridgehead atoms. The molecule has 1 saturated heterocycles. The highest BCUT2D eigenvalue weighted by Gasteiger charge is 2.55. The molecule has 3 aromatic carbocycles. The fraction of sp³-hybridized carbons (Fsp3) is 0.273. The molecule has 3 aromatic rings. The van der Waals surface area contributed by atoms with Gasteiger partial charge in [0.15, 0.2) is 12.1 Å². The van der Waals surface area contributed by atoms with Crippen LogP contribution in [-0.2, 0) is 14.4 Å². The van der Waals surface area contributed by atoms with Crippen LogP contribution in [0.15, 0.2) is 93.8 Å². The third-order valence-electron chi connectivity index (χ3n) is 8.63. The zero-order valence-electron chi connectivity index (χ0n) is 23.8. The molecule has 1 saturated carbocycles. The third-order valence-corrected chi connectivity index (χ3v) is 9.13. The number of amides is 3. The Kier molecular flexibility index (Phi) is 7.30. The maximum absolute atomic E-state index is 14.1. The summed E-state index contributed by atoms with van der Waals surface area (Å²) < 4.78 is 0. The monoisotopic (exact) mass is 626 g/mol. The second kappa shape index (κ2) is 11.3. The van der Waals surface area contributed by atoms with Crippen molar-refractivity contribution in [3.05, 3.63) is 105 Å². The molecular weight excluding hydrogens is 599 g/mol. The number of fused-ring (bicyclic) bond motifs is 2. The predicted octanol–water partition coefficient (Wildman–Crippen LogP) is 6.42. The number of carbonyl (C=O) groups is 3. The summed E-state index contributed by atoms with van der Waals surface area (Å²) in [6.45, 7) is 1.68. The number of anilines is 1. The van der Waals surface area contributed by atoms with Crippen LogP contribution >= 0.6 is 23.2 Å². The molecule has 0 aromatic heterocycles. The average Bonchev–Trinajstić information content (AvgIpc) is 3.69. The number of rotatable bonds is 5. The molecule has 0 unspecified atom stereocenters. The van der Waals surface area contributed by atoms with E-state index in [9.17, 15) is 14.4 Å². The van der Waals surface area contributed by atoms with Gasteiger partial charge in [0.05, 0.1) is 17.4 Å². The minimum atomic E-state index is -0.995. The highest BCUT2D eigenvalue weighted by Crippen LogP contribution is 2.45. The second-order valence-electron chi connectivity index (χ2n) is 11.5. The fourth-order valence-electron chi connectivity index (χ4n) is 6.47. The van der Waals surface area contributed by atoms with Gasteiger partial charge in [-0.05, 0) is 85.4 Å². The van der Waals surface area contributed by atoms with Crippen LogP contribution in [0, 0.1) is 12.8 Å². The number of aryl methyl sites for hydroxylation is 1. The number of halogens is 2. The molecule has 0 radical (unpaired) electrons. The summed E-state index contributed by atoms with van der Waals surface area (Å²) in [4.78, 5) is 41.9. The number of benzene rings is 3. The Balaban J connectivity index is 1.18. The van der Waals surface area contributed by atoms with Crippen molar-refractivity contribution in [2.45, 2.75) is 44.3 Å². The van der Waals surface area contributed by atoms with Crippen molar-refractivity contribution in [3.8, 4) is 0 Å². The Bertz CT molecular complexity index is 1740. The van der Waals surface area contributed by atoms with Crippen molar-refractivity contribution in [1.82, 2.24) is 10.0 Å². The summed E-state index contributed by atoms with van der Waals surface area (Å²) in [6.07, 6.45) is 4.75. The van der Waals surface area contributed by atoms with Crippen LogP contribution in [0.25, 0.3) is 6.08 Å². The number of nitrogens with zero attached hydrogens (tertiary/aromatic N) is 6. The molecule has 2 fully saturated rings. The van der Waals surface area contributed by atoms with Gasteiger partial charge in [-0.25, -0.2) is 9.91 Å². The van der Waals surface area contributed by atoms with Crippen LogP contribution in [-0.4, -0.2) is 52.1 Å². The Morgan fingerprint density at radius 2 is 1.59 bits per heavy atom. The summed E-state index contributed by atoms with van der Waals surface area (Å²) in [5.41, 5.74) is 5.35. The van der Waals surface area contributed by atoms with E-state index in [2.05, 4.69) is 16.4 Å². The van der Waals surface area contributed by atoms with Crippen LogP contribution in [0.2, 0.25) is 10.0 Å². The van der Waals surface area contributed by atoms with Gasteiger partial charge in [-0.3, -0.25) is 19.4 Å². The summed E-state index contributed by atoms with van der Waals surface area (Å²) >= 11 is 12.3. The molecule has 11 heteroatoms. The molecule has 3 aliphatic heterocycles. The van der Waals surface area contributed by atoms with Crippen molar-refractivity contribution >= 4 is 58.4 Å². The zero-order valence-corrected chi connectivity index (χ0v) is 25.3. The standard InChI is InChI=1S/C33H28Cl2N6O3/c1-19-5-15-25(16-6-19)40-32(43)29-31(33(40)44)39(38-36-29)18-27(42)41-30(21-9-13-24(35)14-10-21)26-4-2-3-22(28(26)37-41)17-20-7-11-23(34)12-8-20/h5-17,26,29-31H,2-4,18H2,1H3/b22-17+/t26-,29+,30+,31-/m0/s1. The van der Waals surface area contributed by atoms with Crippen molar-refractivity contribution in [2.75, 3.05) is 11.4 Å². The lowest BCUT2D eigenvalue weighted by Gasteiger charge is -2.30. The lowest BCUT2D eigenvalue weighted by Crippen LogP contribution is -2.45. The molecule has 1 aliphatic carbocycles. The number of carbonyl (C=O) groups excluding carboxylic acids is 3. The molecule has 9 nitrogen and oxygen atoms in total. The first kappa shape index (κ1) is 28.4. The number of imide groups is 1. The van der Waals surface area contributed by atoms with E-state index >= 15 is 0 Å². The predicted molar refractivity (Wildman–Crippen MR) is 168 cm³/mol. The van der Waals surface area contributed by atoms with E-state index < -0.39 is 23.9 Å². The number of allylic oxidation sites excluding steroid dienone is 1. The molecule has 4 aliphatic rings. The van der Waals surface area contributed by atoms with Gasteiger partial charge in [0.25, 0.3) is 17.7 Å². The normalized spacial score (nSPS) is 25.1. The van der Waals surface area contributed by atoms with Gasteiger partial charge < -0.3 is 0 Å². The maximum atomic E-state index is 14.1. The molecule has 3 heterocycles. The van der Waals surface area contributed by atoms with Gasteiger partial charge in [0.1, 0.15) is 6.54 Å². The lowest BCUT2D eigenvalue weighted by atomic mass is 9.77. The van der Waals surface area contributed by atoms with Gasteiger partial charge >= 0.3 is 0 Å². The summed E-state index contributed by atoms with van der Waals surface area (Å²) in [5.74, 6) is -1.27. The minimum absolute atomic E-state index is 0.0212. The van der Waals surface area contributed by atoms with Crippen LogP contribution in [0.4, 0.5) is 5.69 Å². The van der Waals surface area contributed by atoms with Crippen molar-refractivity contribution < 1.29 is 14.4 Å². The smallest absolute Gasteiger partial charge is 0.264 e. The van der Waals surface area contributed by atoms with Gasteiger partial charge in [-0.15, -0.1) is 0 Å². The zero-order chi connectivity index (χ0) is 30.5. The summed E-state index contributed by atoms with van der Waals surface area (Å²) in [6, 6.07) is 19.9. The van der Waals surface area contributed by atoms with Crippen LogP contribution in [0.3, 0.4) is 0 Å². The Labute approximate surface area is 264 Å². The van der Waals surface area contributed by atoms with E-state index in [1.165, 1.54) is 10.0 Å². The van der Waals surface area contributed by atoms with Crippen LogP contribution < -0.4 is 4.90 Å². The summed E-state index contributed by atoms with van der Waals surface area (Å²) in [7, 11) is 0. The van der Waals surface area contributed by atoms with E-state index in [1.807, 2.05) is 67.6 Å². The second-order valence-corrected chi connectivity index (χ2v) is 12.4. The third kappa shape index (κ3) is 5.00. The first-order valence-corrected chi connectivity index (χ1v) is 15.3. The Morgan fingerprint density at radius 1 is 0.909 bits per heavy atom. The Morgan fingerprint density at radius 3 is 2.30 bits per heavy atom. The SMILES string of the molecule is Cc1ccc(N2C(=O)[C@@H]3[C@@H](N=NN3CC(=O)N3N=C4/C(=C/c5ccc(Cl)cc5)CCC[C@@H]4[C@H]3c3ccc(Cl)cc3)C2=O)cc1. The highest BCUT2D eigenvalue weighted by atomic mass is 35.5. The number of hydrazone groups is 1. The van der Waals surface area contributed by atoms with E-state index in [0.717, 1.165) is 52.1 Å². The summed E-state index contributed by atoms with van der Waals surface area (Å²) in [5, 5.41) is 17.3. The number of hydrogen-bond acceptors (Lipinski definition) is 7. The Hall–Kier alpha value is -4.34. The largest absolute Gasteiger partial charge is 0.271 e. The molecule has 222 valence electrons. The lowest BCUT2D eigenvalue weighted by molar-refractivity contribution is -0.136. The first-order chi connectivity index (χ1) is 21.3. The fourth-order valence-corrected chi connectivity index (χ4v) is 6.73. The molecule has 0 N–H and O–H groups in total. The average molecular weight is 628 g/mol. The van der Waals surface area contributed by atoms with Crippen LogP contribution in [0.1, 0.15) is 42.0 Å². The molecule has 7 rings (SSSR count). The van der Waals surface area contributed by atoms with Crippen molar-refractivity contribution in [1.29, 1.82) is 0 Å². The quantitative estimate of drug-likeness (QED) is 0.305. The van der Waals surface area contributed by atoms with Gasteiger partial charge in [-0.2, -0.15) is 10.2 Å². The van der Waals surface area contributed by atoms with Crippen molar-refractivity contribution in [2.24, 2.45) is 21.4 Å². The van der Waals surface area contributed by atoms with Crippen LogP contribution in [0.5, 0.6) is 0 Å². The molecule has 3 amide bonds. The van der Waals surface area contributed by atoms with E-state index in [1.54, 1.807) is 12.1 Å². The number of hydrogen-bond donors (Lipinski definition) is 0.